The first-order valence-electron chi connectivity index (χ1n) is 6.26. The first-order valence-corrected chi connectivity index (χ1v) is 6.26. The van der Waals surface area contributed by atoms with E-state index in [-0.39, 0.29) is 17.4 Å². The third kappa shape index (κ3) is 1.89. The van der Waals surface area contributed by atoms with Gasteiger partial charge in [-0.15, -0.1) is 0 Å². The number of carbonyl (C=O) groups excluding carboxylic acids is 1. The molecule has 86 valence electrons. The number of hydrogen-bond donors (Lipinski definition) is 2. The molecule has 2 rings (SSSR count). The third-order valence-corrected chi connectivity index (χ3v) is 4.30. The van der Waals surface area contributed by atoms with Gasteiger partial charge in [-0.3, -0.25) is 4.79 Å². The molecule has 0 bridgehead atoms. The van der Waals surface area contributed by atoms with Crippen molar-refractivity contribution in [2.75, 3.05) is 6.54 Å². The van der Waals surface area contributed by atoms with E-state index in [9.17, 15) is 4.79 Å². The summed E-state index contributed by atoms with van der Waals surface area (Å²) in [6, 6.07) is 0.424. The number of amides is 1. The molecule has 0 spiro atoms. The zero-order chi connectivity index (χ0) is 10.9. The van der Waals surface area contributed by atoms with E-state index in [0.29, 0.717) is 6.04 Å². The summed E-state index contributed by atoms with van der Waals surface area (Å²) in [6.07, 6.45) is 5.60. The third-order valence-electron chi connectivity index (χ3n) is 4.30. The maximum Gasteiger partial charge on any atom is 0.224 e. The van der Waals surface area contributed by atoms with Crippen LogP contribution in [0.1, 0.15) is 46.0 Å². The topological polar surface area (TPSA) is 41.1 Å². The van der Waals surface area contributed by atoms with Gasteiger partial charge in [-0.1, -0.05) is 20.3 Å². The molecule has 3 nitrogen and oxygen atoms in total. The molecular formula is C12H22N2O. The summed E-state index contributed by atoms with van der Waals surface area (Å²) < 4.78 is 0. The van der Waals surface area contributed by atoms with Crippen molar-refractivity contribution in [2.45, 2.75) is 57.5 Å². The quantitative estimate of drug-likeness (QED) is 0.724. The van der Waals surface area contributed by atoms with Crippen LogP contribution in [0.25, 0.3) is 0 Å². The van der Waals surface area contributed by atoms with E-state index >= 15 is 0 Å². The molecule has 2 aliphatic rings. The molecule has 1 amide bonds. The summed E-state index contributed by atoms with van der Waals surface area (Å²) in [4.78, 5) is 11.9. The van der Waals surface area contributed by atoms with E-state index < -0.39 is 0 Å². The molecule has 0 radical (unpaired) electrons. The van der Waals surface area contributed by atoms with Gasteiger partial charge < -0.3 is 10.6 Å². The fourth-order valence-electron chi connectivity index (χ4n) is 2.98. The van der Waals surface area contributed by atoms with E-state index in [1.54, 1.807) is 0 Å². The molecule has 0 aromatic rings. The molecule has 2 N–H and O–H groups in total. The van der Waals surface area contributed by atoms with Gasteiger partial charge in [0.15, 0.2) is 0 Å². The lowest BCUT2D eigenvalue weighted by atomic mass is 9.91. The first-order chi connectivity index (χ1) is 7.21. The van der Waals surface area contributed by atoms with Gasteiger partial charge in [0.25, 0.3) is 0 Å². The van der Waals surface area contributed by atoms with Crippen LogP contribution in [0.5, 0.6) is 0 Å². The monoisotopic (exact) mass is 210 g/mol. The zero-order valence-corrected chi connectivity index (χ0v) is 9.81. The van der Waals surface area contributed by atoms with Gasteiger partial charge >= 0.3 is 0 Å². The molecule has 2 atom stereocenters. The van der Waals surface area contributed by atoms with E-state index in [4.69, 9.17) is 0 Å². The van der Waals surface area contributed by atoms with Crippen molar-refractivity contribution in [3.63, 3.8) is 0 Å². The van der Waals surface area contributed by atoms with Crippen LogP contribution in [0.15, 0.2) is 0 Å². The van der Waals surface area contributed by atoms with E-state index in [1.165, 1.54) is 12.8 Å². The highest BCUT2D eigenvalue weighted by Crippen LogP contribution is 2.31. The maximum absolute atomic E-state index is 11.9. The van der Waals surface area contributed by atoms with Crippen molar-refractivity contribution >= 4 is 5.91 Å². The van der Waals surface area contributed by atoms with Crippen molar-refractivity contribution in [1.82, 2.24) is 10.6 Å². The second-order valence-electron chi connectivity index (χ2n) is 4.99. The van der Waals surface area contributed by atoms with Crippen molar-refractivity contribution in [2.24, 2.45) is 5.92 Å². The van der Waals surface area contributed by atoms with Crippen LogP contribution in [0.4, 0.5) is 0 Å². The lowest BCUT2D eigenvalue weighted by molar-refractivity contribution is -0.124. The Kier molecular flexibility index (Phi) is 3.01. The summed E-state index contributed by atoms with van der Waals surface area (Å²) in [6.45, 7) is 5.21. The number of hydrogen-bond acceptors (Lipinski definition) is 2. The highest BCUT2D eigenvalue weighted by molar-refractivity contribution is 5.80. The van der Waals surface area contributed by atoms with Gasteiger partial charge in [0.1, 0.15) is 0 Å². The molecule has 0 aromatic carbocycles. The Hall–Kier alpha value is -0.570. The van der Waals surface area contributed by atoms with Crippen molar-refractivity contribution in [1.29, 1.82) is 0 Å². The van der Waals surface area contributed by atoms with Crippen LogP contribution < -0.4 is 10.6 Å². The minimum absolute atomic E-state index is 0.138. The Bertz CT molecular complexity index is 248. The molecule has 1 aliphatic heterocycles. The van der Waals surface area contributed by atoms with Gasteiger partial charge in [0, 0.05) is 18.1 Å². The van der Waals surface area contributed by atoms with Gasteiger partial charge in [0.2, 0.25) is 5.91 Å². The summed E-state index contributed by atoms with van der Waals surface area (Å²) in [5.41, 5.74) is 0.138. The Morgan fingerprint density at radius 3 is 2.73 bits per heavy atom. The summed E-state index contributed by atoms with van der Waals surface area (Å²) >= 11 is 0. The van der Waals surface area contributed by atoms with E-state index in [1.807, 2.05) is 0 Å². The highest BCUT2D eigenvalue weighted by atomic mass is 16.2. The molecule has 2 fully saturated rings. The first kappa shape index (κ1) is 10.9. The van der Waals surface area contributed by atoms with Crippen molar-refractivity contribution in [3.05, 3.63) is 0 Å². The lowest BCUT2D eigenvalue weighted by Crippen LogP contribution is -2.53. The number of rotatable bonds is 2. The van der Waals surface area contributed by atoms with Crippen LogP contribution in [-0.4, -0.2) is 24.0 Å². The fourth-order valence-corrected chi connectivity index (χ4v) is 2.98. The molecule has 1 saturated carbocycles. The second kappa shape index (κ2) is 4.12. The van der Waals surface area contributed by atoms with Gasteiger partial charge in [-0.05, 0) is 25.7 Å². The largest absolute Gasteiger partial charge is 0.354 e. The van der Waals surface area contributed by atoms with Crippen LogP contribution in [-0.2, 0) is 4.79 Å². The minimum Gasteiger partial charge on any atom is -0.354 e. The van der Waals surface area contributed by atoms with Crippen LogP contribution in [0, 0.1) is 5.92 Å². The highest BCUT2D eigenvalue weighted by Gasteiger charge is 2.41. The predicted octanol–water partition coefficient (Wildman–Crippen LogP) is 1.43. The number of fused-ring (bicyclic) bond motifs is 1. The summed E-state index contributed by atoms with van der Waals surface area (Å²) in [7, 11) is 0. The smallest absolute Gasteiger partial charge is 0.224 e. The predicted molar refractivity (Wildman–Crippen MR) is 60.6 cm³/mol. The van der Waals surface area contributed by atoms with Crippen LogP contribution in [0.3, 0.4) is 0 Å². The van der Waals surface area contributed by atoms with Gasteiger partial charge in [-0.2, -0.15) is 0 Å². The summed E-state index contributed by atoms with van der Waals surface area (Å²) in [5, 5.41) is 6.85. The van der Waals surface area contributed by atoms with Crippen LogP contribution >= 0.6 is 0 Å². The van der Waals surface area contributed by atoms with Gasteiger partial charge in [-0.25, -0.2) is 0 Å². The number of carbonyl (C=O) groups is 1. The van der Waals surface area contributed by atoms with Crippen LogP contribution in [0.2, 0.25) is 0 Å². The van der Waals surface area contributed by atoms with Gasteiger partial charge in [0.05, 0.1) is 5.92 Å². The summed E-state index contributed by atoms with van der Waals surface area (Å²) in [5.74, 6) is 0.499. The lowest BCUT2D eigenvalue weighted by Gasteiger charge is -2.34. The second-order valence-corrected chi connectivity index (χ2v) is 4.99. The van der Waals surface area contributed by atoms with E-state index in [0.717, 1.165) is 25.8 Å². The van der Waals surface area contributed by atoms with E-state index in [2.05, 4.69) is 24.5 Å². The Balaban J connectivity index is 2.17. The standard InChI is InChI=1S/C12H22N2O/c1-3-12(4-2)8-13-11(15)9-6-5-7-10(9)14-12/h9-10,14H,3-8H2,1-2H3,(H,13,15). The normalized spacial score (nSPS) is 34.4. The zero-order valence-electron chi connectivity index (χ0n) is 9.81. The average molecular weight is 210 g/mol. The number of nitrogens with one attached hydrogen (secondary N) is 2. The molecule has 1 saturated heterocycles. The molecule has 1 heterocycles. The van der Waals surface area contributed by atoms with Crippen molar-refractivity contribution in [3.8, 4) is 0 Å². The molecule has 0 aromatic heterocycles. The molecule has 15 heavy (non-hydrogen) atoms. The Morgan fingerprint density at radius 1 is 1.33 bits per heavy atom. The molecule has 2 unspecified atom stereocenters. The fraction of sp³-hybridized carbons (Fsp3) is 0.917. The Morgan fingerprint density at radius 2 is 2.07 bits per heavy atom. The Labute approximate surface area is 92.0 Å². The molecule has 1 aliphatic carbocycles. The minimum atomic E-state index is 0.138. The maximum atomic E-state index is 11.9. The van der Waals surface area contributed by atoms with Crippen molar-refractivity contribution < 1.29 is 4.79 Å². The SMILES string of the molecule is CCC1(CC)CNC(=O)C2CCCC2N1. The molecular weight excluding hydrogens is 188 g/mol. The average Bonchev–Trinajstić information content (AvgIpc) is 2.67. The molecule has 3 heteroatoms.